The summed E-state index contributed by atoms with van der Waals surface area (Å²) >= 11 is 1.29. The van der Waals surface area contributed by atoms with Crippen molar-refractivity contribution in [2.45, 2.75) is 18.6 Å². The normalized spacial score (nSPS) is 10.9. The number of nitrogens with one attached hydrogen (secondary N) is 1. The number of methoxy groups -OCH3 is 2. The molecule has 30 heavy (non-hydrogen) atoms. The van der Waals surface area contributed by atoms with Crippen LogP contribution in [-0.2, 0) is 11.3 Å². The third-order valence-electron chi connectivity index (χ3n) is 4.08. The molecule has 0 aliphatic heterocycles. The van der Waals surface area contributed by atoms with Crippen molar-refractivity contribution < 1.29 is 14.3 Å². The van der Waals surface area contributed by atoms with E-state index in [1.165, 1.54) is 18.0 Å². The molecule has 2 heterocycles. The minimum absolute atomic E-state index is 0.156. The van der Waals surface area contributed by atoms with Crippen molar-refractivity contribution in [3.8, 4) is 22.9 Å². The molecule has 156 valence electrons. The molecule has 1 amide bonds. The first kappa shape index (κ1) is 21.3. The summed E-state index contributed by atoms with van der Waals surface area (Å²) in [5.41, 5.74) is 4.00. The Bertz CT molecular complexity index is 1020. The second-order valence-corrected chi connectivity index (χ2v) is 6.90. The molecule has 0 radical (unpaired) electrons. The van der Waals surface area contributed by atoms with Crippen LogP contribution >= 0.6 is 11.8 Å². The number of nitrogens with zero attached hydrogens (tertiary/aromatic N) is 5. The van der Waals surface area contributed by atoms with Crippen molar-refractivity contribution in [2.75, 3.05) is 20.0 Å². The minimum atomic E-state index is -0.245. The molecule has 1 aromatic carbocycles. The molecule has 3 aromatic rings. The number of pyridine rings is 1. The van der Waals surface area contributed by atoms with E-state index in [4.69, 9.17) is 9.47 Å². The lowest BCUT2D eigenvalue weighted by atomic mass is 10.2. The molecule has 0 aliphatic rings. The SMILES string of the molecule is CCn1c(SCC(=O)NN=Cc2ccccn2)nnc1-c1ccc(OC)c(OC)c1. The van der Waals surface area contributed by atoms with Crippen LogP contribution in [0, 0.1) is 0 Å². The highest BCUT2D eigenvalue weighted by atomic mass is 32.2. The predicted molar refractivity (Wildman–Crippen MR) is 115 cm³/mol. The molecular weight excluding hydrogens is 404 g/mol. The van der Waals surface area contributed by atoms with Crippen LogP contribution in [0.15, 0.2) is 52.9 Å². The summed E-state index contributed by atoms with van der Waals surface area (Å²) in [5, 5.41) is 13.1. The van der Waals surface area contributed by atoms with Crippen molar-refractivity contribution in [1.29, 1.82) is 0 Å². The molecule has 0 aliphatic carbocycles. The zero-order valence-corrected chi connectivity index (χ0v) is 17.7. The van der Waals surface area contributed by atoms with Gasteiger partial charge in [-0.2, -0.15) is 5.10 Å². The molecule has 0 bridgehead atoms. The van der Waals surface area contributed by atoms with E-state index >= 15 is 0 Å². The van der Waals surface area contributed by atoms with Crippen LogP contribution in [0.4, 0.5) is 0 Å². The average molecular weight is 427 g/mol. The van der Waals surface area contributed by atoms with E-state index in [2.05, 4.69) is 25.7 Å². The van der Waals surface area contributed by atoms with Gasteiger partial charge in [0.2, 0.25) is 0 Å². The van der Waals surface area contributed by atoms with E-state index in [9.17, 15) is 4.79 Å². The van der Waals surface area contributed by atoms with E-state index in [1.807, 2.05) is 41.8 Å². The van der Waals surface area contributed by atoms with Crippen LogP contribution < -0.4 is 14.9 Å². The average Bonchev–Trinajstić information content (AvgIpc) is 3.20. The summed E-state index contributed by atoms with van der Waals surface area (Å²) in [7, 11) is 3.18. The Labute approximate surface area is 178 Å². The number of hydrazone groups is 1. The Hall–Kier alpha value is -3.40. The van der Waals surface area contributed by atoms with E-state index in [0.717, 1.165) is 5.56 Å². The maximum absolute atomic E-state index is 12.1. The smallest absolute Gasteiger partial charge is 0.250 e. The standard InChI is InChI=1S/C20H22N6O3S/c1-4-26-19(14-8-9-16(28-2)17(11-14)29-3)24-25-20(26)30-13-18(27)23-22-12-15-7-5-6-10-21-15/h5-12H,4,13H2,1-3H3,(H,23,27). The molecule has 9 nitrogen and oxygen atoms in total. The molecule has 0 fully saturated rings. The van der Waals surface area contributed by atoms with Crippen molar-refractivity contribution in [1.82, 2.24) is 25.2 Å². The fourth-order valence-electron chi connectivity index (χ4n) is 2.65. The largest absolute Gasteiger partial charge is 0.493 e. The van der Waals surface area contributed by atoms with E-state index < -0.39 is 0 Å². The first-order chi connectivity index (χ1) is 14.7. The fraction of sp³-hybridized carbons (Fsp3) is 0.250. The van der Waals surface area contributed by atoms with Crippen LogP contribution in [0.3, 0.4) is 0 Å². The van der Waals surface area contributed by atoms with Crippen LogP contribution in [0.5, 0.6) is 11.5 Å². The number of benzene rings is 1. The molecule has 1 N–H and O–H groups in total. The highest BCUT2D eigenvalue weighted by molar-refractivity contribution is 7.99. The van der Waals surface area contributed by atoms with Crippen molar-refractivity contribution in [3.63, 3.8) is 0 Å². The maximum atomic E-state index is 12.1. The third kappa shape index (κ3) is 5.15. The lowest BCUT2D eigenvalue weighted by molar-refractivity contribution is -0.118. The number of amides is 1. The lowest BCUT2D eigenvalue weighted by Crippen LogP contribution is -2.20. The number of hydrogen-bond acceptors (Lipinski definition) is 8. The summed E-state index contributed by atoms with van der Waals surface area (Å²) in [6.07, 6.45) is 3.15. The zero-order chi connectivity index (χ0) is 21.3. The molecule has 0 spiro atoms. The number of ether oxygens (including phenoxy) is 2. The summed E-state index contributed by atoms with van der Waals surface area (Å²) in [5.74, 6) is 1.85. The second-order valence-electron chi connectivity index (χ2n) is 5.96. The summed E-state index contributed by atoms with van der Waals surface area (Å²) in [6.45, 7) is 2.65. The second kappa shape index (κ2) is 10.4. The Morgan fingerprint density at radius 2 is 2.03 bits per heavy atom. The minimum Gasteiger partial charge on any atom is -0.493 e. The monoisotopic (exact) mass is 426 g/mol. The topological polar surface area (TPSA) is 104 Å². The van der Waals surface area contributed by atoms with E-state index in [1.54, 1.807) is 26.5 Å². The van der Waals surface area contributed by atoms with Gasteiger partial charge in [-0.25, -0.2) is 5.43 Å². The Morgan fingerprint density at radius 1 is 1.20 bits per heavy atom. The highest BCUT2D eigenvalue weighted by Gasteiger charge is 2.16. The molecule has 10 heteroatoms. The molecule has 0 saturated heterocycles. The lowest BCUT2D eigenvalue weighted by Gasteiger charge is -2.10. The number of carbonyl (C=O) groups is 1. The van der Waals surface area contributed by atoms with Gasteiger partial charge in [-0.15, -0.1) is 10.2 Å². The number of aromatic nitrogens is 4. The zero-order valence-electron chi connectivity index (χ0n) is 16.9. The molecule has 0 saturated carbocycles. The van der Waals surface area contributed by atoms with Crippen molar-refractivity contribution >= 4 is 23.9 Å². The first-order valence-corrected chi connectivity index (χ1v) is 10.2. The van der Waals surface area contributed by atoms with Gasteiger partial charge in [0, 0.05) is 18.3 Å². The number of thioether (sulfide) groups is 1. The molecular formula is C20H22N6O3S. The Kier molecular flexibility index (Phi) is 7.39. The van der Waals surface area contributed by atoms with Crippen LogP contribution in [0.2, 0.25) is 0 Å². The van der Waals surface area contributed by atoms with Gasteiger partial charge in [0.25, 0.3) is 5.91 Å². The molecule has 2 aromatic heterocycles. The van der Waals surface area contributed by atoms with Crippen LogP contribution in [0.25, 0.3) is 11.4 Å². The summed E-state index contributed by atoms with van der Waals surface area (Å²) in [6, 6.07) is 11.0. The van der Waals surface area contributed by atoms with Gasteiger partial charge in [0.15, 0.2) is 22.5 Å². The van der Waals surface area contributed by atoms with Gasteiger partial charge in [0.1, 0.15) is 0 Å². The molecule has 0 unspecified atom stereocenters. The van der Waals surface area contributed by atoms with Crippen molar-refractivity contribution in [2.24, 2.45) is 5.10 Å². The first-order valence-electron chi connectivity index (χ1n) is 9.17. The highest BCUT2D eigenvalue weighted by Crippen LogP contribution is 2.32. The number of rotatable bonds is 9. The van der Waals surface area contributed by atoms with Gasteiger partial charge >= 0.3 is 0 Å². The summed E-state index contributed by atoms with van der Waals surface area (Å²) in [4.78, 5) is 16.2. The van der Waals surface area contributed by atoms with Gasteiger partial charge in [-0.1, -0.05) is 17.8 Å². The van der Waals surface area contributed by atoms with Crippen molar-refractivity contribution in [3.05, 3.63) is 48.3 Å². The third-order valence-corrected chi connectivity index (χ3v) is 5.05. The molecule has 3 rings (SSSR count). The van der Waals surface area contributed by atoms with E-state index in [-0.39, 0.29) is 11.7 Å². The van der Waals surface area contributed by atoms with Gasteiger partial charge < -0.3 is 14.0 Å². The van der Waals surface area contributed by atoms with Crippen LogP contribution in [0.1, 0.15) is 12.6 Å². The van der Waals surface area contributed by atoms with Crippen LogP contribution in [-0.4, -0.2) is 51.8 Å². The quantitative estimate of drug-likeness (QED) is 0.319. The number of hydrogen-bond donors (Lipinski definition) is 1. The number of carbonyl (C=O) groups excluding carboxylic acids is 1. The van der Waals surface area contributed by atoms with Gasteiger partial charge in [-0.3, -0.25) is 9.78 Å². The summed E-state index contributed by atoms with van der Waals surface area (Å²) < 4.78 is 12.6. The Balaban J connectivity index is 1.66. The predicted octanol–water partition coefficient (Wildman–Crippen LogP) is 2.62. The van der Waals surface area contributed by atoms with E-state index in [0.29, 0.717) is 34.7 Å². The maximum Gasteiger partial charge on any atom is 0.250 e. The Morgan fingerprint density at radius 3 is 2.73 bits per heavy atom. The molecule has 0 atom stereocenters. The van der Waals surface area contributed by atoms with Gasteiger partial charge in [-0.05, 0) is 37.3 Å². The fourth-order valence-corrected chi connectivity index (χ4v) is 3.45. The van der Waals surface area contributed by atoms with Gasteiger partial charge in [0.05, 0.1) is 31.9 Å².